The number of thioether (sulfide) groups is 1. The minimum absolute atomic E-state index is 0.210. The summed E-state index contributed by atoms with van der Waals surface area (Å²) < 4.78 is 0. The number of carbonyl (C=O) groups excluding carboxylic acids is 1. The fraction of sp³-hybridized carbons (Fsp3) is 0.938. The molecule has 0 aromatic carbocycles. The van der Waals surface area contributed by atoms with Gasteiger partial charge in [0.2, 0.25) is 5.91 Å². The van der Waals surface area contributed by atoms with E-state index in [2.05, 4.69) is 37.2 Å². The van der Waals surface area contributed by atoms with Gasteiger partial charge < -0.3 is 4.90 Å². The Bertz CT molecular complexity index is 339. The molecule has 0 bridgehead atoms. The maximum absolute atomic E-state index is 12.9. The first-order chi connectivity index (χ1) is 9.48. The summed E-state index contributed by atoms with van der Waals surface area (Å²) in [4.78, 5) is 15.1. The van der Waals surface area contributed by atoms with Crippen LogP contribution in [0.4, 0.5) is 0 Å². The molecule has 1 aliphatic heterocycles. The van der Waals surface area contributed by atoms with Crippen LogP contribution >= 0.6 is 11.8 Å². The van der Waals surface area contributed by atoms with Crippen molar-refractivity contribution < 1.29 is 4.79 Å². The third-order valence-corrected chi connectivity index (χ3v) is 5.50. The van der Waals surface area contributed by atoms with Gasteiger partial charge in [0.05, 0.1) is 11.7 Å². The van der Waals surface area contributed by atoms with Crippen molar-refractivity contribution in [1.82, 2.24) is 10.2 Å². The van der Waals surface area contributed by atoms with Crippen molar-refractivity contribution in [2.24, 2.45) is 11.8 Å². The standard InChI is InChI=1S/C16H30N2OS/c1-12(2)9-14-17-16(7-5-6-8-16)15(19)18(14)10-13(3)11-20-4/h12-14,17H,5-11H2,1-4H3. The van der Waals surface area contributed by atoms with Gasteiger partial charge in [-0.05, 0) is 43.1 Å². The summed E-state index contributed by atoms with van der Waals surface area (Å²) >= 11 is 1.87. The molecule has 116 valence electrons. The number of carbonyl (C=O) groups is 1. The molecule has 1 amide bonds. The van der Waals surface area contributed by atoms with E-state index in [0.29, 0.717) is 17.7 Å². The van der Waals surface area contributed by atoms with Gasteiger partial charge in [0.1, 0.15) is 0 Å². The summed E-state index contributed by atoms with van der Waals surface area (Å²) in [5.74, 6) is 2.70. The van der Waals surface area contributed by atoms with Crippen LogP contribution < -0.4 is 5.32 Å². The predicted molar refractivity (Wildman–Crippen MR) is 86.8 cm³/mol. The minimum Gasteiger partial charge on any atom is -0.325 e. The molecule has 2 atom stereocenters. The fourth-order valence-corrected chi connectivity index (χ4v) is 4.40. The molecule has 1 heterocycles. The third kappa shape index (κ3) is 3.33. The molecule has 1 aliphatic carbocycles. The number of hydrogen-bond donors (Lipinski definition) is 1. The first kappa shape index (κ1) is 16.2. The Morgan fingerprint density at radius 1 is 1.35 bits per heavy atom. The van der Waals surface area contributed by atoms with Crippen LogP contribution in [0.1, 0.15) is 52.9 Å². The number of hydrogen-bond acceptors (Lipinski definition) is 3. The van der Waals surface area contributed by atoms with Gasteiger partial charge in [-0.25, -0.2) is 0 Å². The van der Waals surface area contributed by atoms with Crippen molar-refractivity contribution in [3.05, 3.63) is 0 Å². The Kier molecular flexibility index (Phi) is 5.41. The van der Waals surface area contributed by atoms with Crippen molar-refractivity contribution in [2.45, 2.75) is 64.6 Å². The molecule has 1 saturated carbocycles. The second kappa shape index (κ2) is 6.69. The summed E-state index contributed by atoms with van der Waals surface area (Å²) in [6, 6.07) is 0. The van der Waals surface area contributed by atoms with Gasteiger partial charge in [0.25, 0.3) is 0 Å². The lowest BCUT2D eigenvalue weighted by atomic mass is 9.98. The molecule has 1 spiro atoms. The van der Waals surface area contributed by atoms with E-state index >= 15 is 0 Å². The molecule has 0 aromatic heterocycles. The lowest BCUT2D eigenvalue weighted by molar-refractivity contribution is -0.133. The molecular weight excluding hydrogens is 268 g/mol. The molecule has 2 aliphatic rings. The molecule has 4 heteroatoms. The summed E-state index contributed by atoms with van der Waals surface area (Å²) in [6.45, 7) is 7.66. The highest BCUT2D eigenvalue weighted by Gasteiger charge is 2.52. The normalized spacial score (nSPS) is 26.9. The predicted octanol–water partition coefficient (Wildman–Crippen LogP) is 3.10. The van der Waals surface area contributed by atoms with Crippen molar-refractivity contribution in [1.29, 1.82) is 0 Å². The first-order valence-corrected chi connectivity index (χ1v) is 9.45. The van der Waals surface area contributed by atoms with Gasteiger partial charge in [-0.3, -0.25) is 10.1 Å². The van der Waals surface area contributed by atoms with Crippen LogP contribution in [0, 0.1) is 11.8 Å². The molecule has 2 rings (SSSR count). The lowest BCUT2D eigenvalue weighted by Crippen LogP contribution is -2.45. The minimum atomic E-state index is -0.210. The Hall–Kier alpha value is -0.220. The summed E-state index contributed by atoms with van der Waals surface area (Å²) in [5, 5.41) is 3.71. The van der Waals surface area contributed by atoms with Crippen molar-refractivity contribution >= 4 is 17.7 Å². The monoisotopic (exact) mass is 298 g/mol. The van der Waals surface area contributed by atoms with Crippen LogP contribution in [0.25, 0.3) is 0 Å². The highest BCUT2D eigenvalue weighted by Crippen LogP contribution is 2.37. The van der Waals surface area contributed by atoms with Gasteiger partial charge in [-0.1, -0.05) is 33.6 Å². The SMILES string of the molecule is CSCC(C)CN1C(=O)C2(CCCC2)NC1CC(C)C. The zero-order valence-corrected chi connectivity index (χ0v) is 14.3. The van der Waals surface area contributed by atoms with E-state index in [-0.39, 0.29) is 11.7 Å². The van der Waals surface area contributed by atoms with E-state index in [0.717, 1.165) is 31.6 Å². The number of rotatable bonds is 6. The van der Waals surface area contributed by atoms with Gasteiger partial charge in [-0.2, -0.15) is 11.8 Å². The number of nitrogens with one attached hydrogen (secondary N) is 1. The van der Waals surface area contributed by atoms with Gasteiger partial charge in [0.15, 0.2) is 0 Å². The van der Waals surface area contributed by atoms with Crippen LogP contribution in [0.2, 0.25) is 0 Å². The topological polar surface area (TPSA) is 32.3 Å². The quantitative estimate of drug-likeness (QED) is 0.818. The van der Waals surface area contributed by atoms with E-state index in [1.54, 1.807) is 0 Å². The summed E-state index contributed by atoms with van der Waals surface area (Å²) in [7, 11) is 0. The van der Waals surface area contributed by atoms with E-state index in [9.17, 15) is 4.79 Å². The third-order valence-electron chi connectivity index (χ3n) is 4.60. The summed E-state index contributed by atoms with van der Waals surface area (Å²) in [5.41, 5.74) is -0.210. The number of nitrogens with zero attached hydrogens (tertiary/aromatic N) is 1. The average Bonchev–Trinajstić information content (AvgIpc) is 2.91. The maximum atomic E-state index is 12.9. The van der Waals surface area contributed by atoms with Crippen LogP contribution in [0.5, 0.6) is 0 Å². The van der Waals surface area contributed by atoms with E-state index in [1.807, 2.05) is 11.8 Å². The van der Waals surface area contributed by atoms with E-state index < -0.39 is 0 Å². The van der Waals surface area contributed by atoms with Crippen molar-refractivity contribution in [3.63, 3.8) is 0 Å². The van der Waals surface area contributed by atoms with Crippen molar-refractivity contribution in [3.8, 4) is 0 Å². The van der Waals surface area contributed by atoms with Crippen LogP contribution in [-0.2, 0) is 4.79 Å². The molecule has 2 fully saturated rings. The highest BCUT2D eigenvalue weighted by molar-refractivity contribution is 7.98. The first-order valence-electron chi connectivity index (χ1n) is 8.06. The van der Waals surface area contributed by atoms with Crippen LogP contribution in [0.15, 0.2) is 0 Å². The van der Waals surface area contributed by atoms with Crippen LogP contribution in [-0.4, -0.2) is 41.1 Å². The smallest absolute Gasteiger partial charge is 0.244 e. The molecular formula is C16H30N2OS. The largest absolute Gasteiger partial charge is 0.325 e. The zero-order valence-electron chi connectivity index (χ0n) is 13.4. The molecule has 0 aromatic rings. The number of amides is 1. The van der Waals surface area contributed by atoms with Gasteiger partial charge in [0, 0.05) is 6.54 Å². The molecule has 0 radical (unpaired) electrons. The average molecular weight is 298 g/mol. The van der Waals surface area contributed by atoms with Crippen LogP contribution in [0.3, 0.4) is 0 Å². The van der Waals surface area contributed by atoms with Crippen molar-refractivity contribution in [2.75, 3.05) is 18.6 Å². The molecule has 3 nitrogen and oxygen atoms in total. The highest BCUT2D eigenvalue weighted by atomic mass is 32.2. The van der Waals surface area contributed by atoms with E-state index in [4.69, 9.17) is 0 Å². The Morgan fingerprint density at radius 2 is 2.00 bits per heavy atom. The molecule has 2 unspecified atom stereocenters. The fourth-order valence-electron chi connectivity index (χ4n) is 3.73. The summed E-state index contributed by atoms with van der Waals surface area (Å²) in [6.07, 6.45) is 7.93. The Labute approximate surface area is 128 Å². The molecule has 1 saturated heterocycles. The lowest BCUT2D eigenvalue weighted by Gasteiger charge is -2.28. The maximum Gasteiger partial charge on any atom is 0.244 e. The zero-order chi connectivity index (χ0) is 14.8. The second-order valence-electron chi connectivity index (χ2n) is 7.10. The Balaban J connectivity index is 2.09. The van der Waals surface area contributed by atoms with E-state index in [1.165, 1.54) is 12.8 Å². The second-order valence-corrected chi connectivity index (χ2v) is 8.01. The van der Waals surface area contributed by atoms with Gasteiger partial charge in [-0.15, -0.1) is 0 Å². The molecule has 20 heavy (non-hydrogen) atoms. The van der Waals surface area contributed by atoms with Gasteiger partial charge >= 0.3 is 0 Å². The molecule has 1 N–H and O–H groups in total. The Morgan fingerprint density at radius 3 is 2.55 bits per heavy atom.